The van der Waals surface area contributed by atoms with Crippen molar-refractivity contribution in [2.24, 2.45) is 0 Å². The first-order valence-corrected chi connectivity index (χ1v) is 12.3. The fraction of sp³-hybridized carbons (Fsp3) is 0.200. The second kappa shape index (κ2) is 9.38. The molecule has 2 heterocycles. The summed E-state index contributed by atoms with van der Waals surface area (Å²) in [5.41, 5.74) is -4.17. The van der Waals surface area contributed by atoms with Crippen molar-refractivity contribution in [2.45, 2.75) is 35.3 Å². The molecule has 1 aromatic heterocycles. The quantitative estimate of drug-likeness (QED) is 0.298. The molecule has 1 aliphatic carbocycles. The van der Waals surface area contributed by atoms with Crippen LogP contribution in [0.1, 0.15) is 28.8 Å². The highest BCUT2D eigenvalue weighted by molar-refractivity contribution is 8.00. The number of thioether (sulfide) groups is 1. The number of carbonyl (C=O) groups excluding carboxylic acids is 3. The summed E-state index contributed by atoms with van der Waals surface area (Å²) in [5, 5.41) is 3.20. The van der Waals surface area contributed by atoms with Crippen LogP contribution in [0.3, 0.4) is 0 Å². The summed E-state index contributed by atoms with van der Waals surface area (Å²) in [4.78, 5) is 45.6. The molecule has 2 fully saturated rings. The molecule has 3 aromatic rings. The van der Waals surface area contributed by atoms with Crippen LogP contribution in [0, 0.1) is 0 Å². The van der Waals surface area contributed by atoms with E-state index >= 15 is 0 Å². The van der Waals surface area contributed by atoms with Gasteiger partial charge < -0.3 is 10.2 Å². The third-order valence-electron chi connectivity index (χ3n) is 6.11. The maximum Gasteiger partial charge on any atom is 0.446 e. The van der Waals surface area contributed by atoms with Crippen LogP contribution in [0.4, 0.5) is 29.5 Å². The average Bonchev–Trinajstić information content (AvgIpc) is 3.62. The molecular formula is C25H18ClF3N4O3S. The molecule has 12 heteroatoms. The number of amides is 4. The number of rotatable bonds is 6. The predicted molar refractivity (Wildman–Crippen MR) is 132 cm³/mol. The van der Waals surface area contributed by atoms with Crippen LogP contribution >= 0.6 is 23.4 Å². The normalized spacial score (nSPS) is 16.4. The molecule has 1 saturated carbocycles. The van der Waals surface area contributed by atoms with Gasteiger partial charge in [-0.2, -0.15) is 13.2 Å². The number of urea groups is 1. The Labute approximate surface area is 218 Å². The molecule has 1 saturated heterocycles. The number of imide groups is 1. The predicted octanol–water partition coefficient (Wildman–Crippen LogP) is 6.10. The zero-order valence-electron chi connectivity index (χ0n) is 19.0. The Morgan fingerprint density at radius 3 is 2.35 bits per heavy atom. The van der Waals surface area contributed by atoms with Crippen LogP contribution in [-0.2, 0) is 11.3 Å². The van der Waals surface area contributed by atoms with Crippen LogP contribution < -0.4 is 10.2 Å². The lowest BCUT2D eigenvalue weighted by Gasteiger charge is -2.21. The first-order valence-electron chi connectivity index (χ1n) is 11.1. The minimum absolute atomic E-state index is 0.0432. The summed E-state index contributed by atoms with van der Waals surface area (Å²) < 4.78 is 37.9. The van der Waals surface area contributed by atoms with Crippen molar-refractivity contribution >= 4 is 52.7 Å². The molecule has 190 valence electrons. The van der Waals surface area contributed by atoms with E-state index in [0.717, 1.165) is 4.90 Å². The molecule has 4 amide bonds. The minimum Gasteiger partial charge on any atom is -0.307 e. The van der Waals surface area contributed by atoms with Gasteiger partial charge in [-0.05, 0) is 90.8 Å². The van der Waals surface area contributed by atoms with Crippen LogP contribution in [0.5, 0.6) is 0 Å². The highest BCUT2D eigenvalue weighted by atomic mass is 35.5. The second-order valence-electron chi connectivity index (χ2n) is 8.59. The van der Waals surface area contributed by atoms with Gasteiger partial charge in [-0.1, -0.05) is 11.6 Å². The number of benzene rings is 2. The Kier molecular flexibility index (Phi) is 6.36. The van der Waals surface area contributed by atoms with E-state index in [2.05, 4.69) is 10.3 Å². The minimum atomic E-state index is -4.44. The molecule has 0 radical (unpaired) electrons. The van der Waals surface area contributed by atoms with Gasteiger partial charge in [0, 0.05) is 28.2 Å². The van der Waals surface area contributed by atoms with Crippen molar-refractivity contribution in [3.8, 4) is 0 Å². The van der Waals surface area contributed by atoms with Gasteiger partial charge in [-0.3, -0.25) is 9.59 Å². The largest absolute Gasteiger partial charge is 0.446 e. The number of pyridine rings is 1. The van der Waals surface area contributed by atoms with Crippen LogP contribution in [0.2, 0.25) is 5.02 Å². The van der Waals surface area contributed by atoms with Crippen molar-refractivity contribution < 1.29 is 27.6 Å². The van der Waals surface area contributed by atoms with E-state index in [1.54, 1.807) is 36.4 Å². The van der Waals surface area contributed by atoms with Crippen molar-refractivity contribution in [1.82, 2.24) is 9.88 Å². The number of hydrogen-bond donors (Lipinski definition) is 1. The van der Waals surface area contributed by atoms with Gasteiger partial charge in [0.2, 0.25) is 0 Å². The molecule has 2 aliphatic rings. The molecule has 1 N–H and O–H groups in total. The Morgan fingerprint density at radius 2 is 1.73 bits per heavy atom. The van der Waals surface area contributed by atoms with Gasteiger partial charge in [-0.25, -0.2) is 14.7 Å². The molecule has 1 spiro atoms. The standard InChI is InChI=1S/C25H18ClF3N4O3S/c26-17-3-1-16(2-4-17)21(34)31-20-13-15(9-12-30-20)14-32-23(36)33(22(35)24(32)10-11-24)18-5-7-19(8-6-18)37-25(27,28)29/h1-9,12-13H,10-11,14H2,(H,30,31,34). The first kappa shape index (κ1) is 25.1. The number of nitrogens with zero attached hydrogens (tertiary/aromatic N) is 3. The Bertz CT molecular complexity index is 1380. The van der Waals surface area contributed by atoms with Gasteiger partial charge in [0.05, 0.1) is 5.69 Å². The van der Waals surface area contributed by atoms with Crippen molar-refractivity contribution in [2.75, 3.05) is 10.2 Å². The maximum absolute atomic E-state index is 13.3. The molecule has 0 atom stereocenters. The lowest BCUT2D eigenvalue weighted by Crippen LogP contribution is -2.36. The fourth-order valence-electron chi connectivity index (χ4n) is 4.17. The maximum atomic E-state index is 13.3. The third kappa shape index (κ3) is 5.14. The molecule has 5 rings (SSSR count). The highest BCUT2D eigenvalue weighted by Gasteiger charge is 2.65. The lowest BCUT2D eigenvalue weighted by atomic mass is 10.2. The van der Waals surface area contributed by atoms with E-state index in [1.165, 1.54) is 35.4 Å². The van der Waals surface area contributed by atoms with Crippen LogP contribution in [0.15, 0.2) is 71.8 Å². The van der Waals surface area contributed by atoms with Crippen molar-refractivity contribution in [1.29, 1.82) is 0 Å². The van der Waals surface area contributed by atoms with E-state index in [9.17, 15) is 27.6 Å². The third-order valence-corrected chi connectivity index (χ3v) is 7.10. The smallest absolute Gasteiger partial charge is 0.307 e. The molecule has 1 aliphatic heterocycles. The SMILES string of the molecule is O=C(Nc1cc(CN2C(=O)N(c3ccc(SC(F)(F)F)cc3)C(=O)C23CC3)ccn1)c1ccc(Cl)cc1. The number of halogens is 4. The molecule has 2 aromatic carbocycles. The zero-order valence-corrected chi connectivity index (χ0v) is 20.5. The lowest BCUT2D eigenvalue weighted by molar-refractivity contribution is -0.120. The van der Waals surface area contributed by atoms with Gasteiger partial charge in [0.1, 0.15) is 11.4 Å². The van der Waals surface area contributed by atoms with Gasteiger partial charge in [0.25, 0.3) is 11.8 Å². The summed E-state index contributed by atoms with van der Waals surface area (Å²) in [6.07, 6.45) is 2.46. The summed E-state index contributed by atoms with van der Waals surface area (Å²) in [5.74, 6) is -0.514. The molecule has 0 unspecified atom stereocenters. The van der Waals surface area contributed by atoms with E-state index in [1.807, 2.05) is 0 Å². The Balaban J connectivity index is 1.32. The molecule has 0 bridgehead atoms. The van der Waals surface area contributed by atoms with Crippen LogP contribution in [-0.4, -0.2) is 38.8 Å². The molecule has 7 nitrogen and oxygen atoms in total. The zero-order chi connectivity index (χ0) is 26.4. The van der Waals surface area contributed by atoms with Crippen LogP contribution in [0.25, 0.3) is 0 Å². The Hall–Kier alpha value is -3.57. The summed E-state index contributed by atoms with van der Waals surface area (Å²) >= 11 is 5.59. The van der Waals surface area contributed by atoms with Gasteiger partial charge in [-0.15, -0.1) is 0 Å². The molecule has 37 heavy (non-hydrogen) atoms. The van der Waals surface area contributed by atoms with Crippen molar-refractivity contribution in [3.63, 3.8) is 0 Å². The van der Waals surface area contributed by atoms with Crippen molar-refractivity contribution in [3.05, 3.63) is 83.0 Å². The van der Waals surface area contributed by atoms with Gasteiger partial charge >= 0.3 is 11.5 Å². The van der Waals surface area contributed by atoms with Gasteiger partial charge in [0.15, 0.2) is 0 Å². The topological polar surface area (TPSA) is 82.6 Å². The van der Waals surface area contributed by atoms with E-state index in [-0.39, 0.29) is 40.6 Å². The molecular weight excluding hydrogens is 529 g/mol. The summed E-state index contributed by atoms with van der Waals surface area (Å²) in [7, 11) is 0. The van der Waals surface area contributed by atoms with E-state index < -0.39 is 23.0 Å². The number of aromatic nitrogens is 1. The number of anilines is 2. The highest BCUT2D eigenvalue weighted by Crippen LogP contribution is 2.50. The fourth-order valence-corrected chi connectivity index (χ4v) is 4.84. The number of hydrogen-bond acceptors (Lipinski definition) is 5. The van der Waals surface area contributed by atoms with E-state index in [0.29, 0.717) is 29.0 Å². The number of nitrogens with one attached hydrogen (secondary N) is 1. The summed E-state index contributed by atoms with van der Waals surface area (Å²) in [6, 6.07) is 14.2. The first-order chi connectivity index (χ1) is 17.6. The number of carbonyl (C=O) groups is 3. The monoisotopic (exact) mass is 546 g/mol. The summed E-state index contributed by atoms with van der Waals surface area (Å²) in [6.45, 7) is 0.0927. The van der Waals surface area contributed by atoms with E-state index in [4.69, 9.17) is 11.6 Å². The average molecular weight is 547 g/mol. The number of alkyl halides is 3. The Morgan fingerprint density at radius 1 is 1.05 bits per heavy atom. The second-order valence-corrected chi connectivity index (χ2v) is 10.2.